The molecule has 2 aromatic heterocycles. The number of hydrogen-bond donors (Lipinski definition) is 1. The highest BCUT2D eigenvalue weighted by molar-refractivity contribution is 14.1. The molecule has 2 aromatic rings. The van der Waals surface area contributed by atoms with Gasteiger partial charge in [0.2, 0.25) is 5.91 Å². The molecule has 122 valence electrons. The van der Waals surface area contributed by atoms with Crippen LogP contribution in [0.1, 0.15) is 18.9 Å². The second kappa shape index (κ2) is 7.12. The van der Waals surface area contributed by atoms with Crippen LogP contribution in [0.4, 0.5) is 5.82 Å². The van der Waals surface area contributed by atoms with E-state index >= 15 is 0 Å². The van der Waals surface area contributed by atoms with E-state index in [0.29, 0.717) is 17.7 Å². The number of piperidine rings is 1. The number of carbonyl (C=O) groups excluding carboxylic acids is 1. The molecule has 1 amide bonds. The molecule has 0 aliphatic carbocycles. The third-order valence-corrected chi connectivity index (χ3v) is 5.01. The van der Waals surface area contributed by atoms with Gasteiger partial charge in [0, 0.05) is 18.4 Å². The Morgan fingerprint density at radius 3 is 3.13 bits per heavy atom. The number of anilines is 1. The summed E-state index contributed by atoms with van der Waals surface area (Å²) in [4.78, 5) is 22.4. The second-order valence-electron chi connectivity index (χ2n) is 5.33. The highest BCUT2D eigenvalue weighted by Crippen LogP contribution is 2.29. The van der Waals surface area contributed by atoms with Crippen molar-refractivity contribution in [3.8, 4) is 0 Å². The van der Waals surface area contributed by atoms with E-state index in [4.69, 9.17) is 5.73 Å². The molecule has 23 heavy (non-hydrogen) atoms. The summed E-state index contributed by atoms with van der Waals surface area (Å²) < 4.78 is 2.68. The van der Waals surface area contributed by atoms with E-state index in [9.17, 15) is 4.79 Å². The number of nitrogens with zero attached hydrogens (tertiary/aromatic N) is 5. The minimum atomic E-state index is 0.0365. The maximum absolute atomic E-state index is 12.2. The Balaban J connectivity index is 1.89. The summed E-state index contributed by atoms with van der Waals surface area (Å²) in [6.45, 7) is 1.40. The van der Waals surface area contributed by atoms with Crippen molar-refractivity contribution < 1.29 is 4.79 Å². The van der Waals surface area contributed by atoms with Crippen molar-refractivity contribution in [3.05, 3.63) is 22.2 Å². The van der Waals surface area contributed by atoms with Crippen LogP contribution < -0.4 is 5.73 Å². The largest absolute Gasteiger partial charge is 0.383 e. The maximum atomic E-state index is 12.2. The van der Waals surface area contributed by atoms with E-state index in [1.54, 1.807) is 6.08 Å². The fraction of sp³-hybridized carbons (Fsp3) is 0.429. The Kier molecular flexibility index (Phi) is 5.14. The number of carbonyl (C=O) groups is 1. The van der Waals surface area contributed by atoms with Gasteiger partial charge in [-0.15, -0.1) is 0 Å². The number of rotatable bonds is 3. The standard InChI is InChI=1S/C14H16BrIN6O/c15-5-1-4-10(23)21-6-2-3-9(7-21)22-14-11(12(16)20-22)13(17)18-8-19-14/h1,4,8-9H,2-3,5-7H2,(H2,17,18,19)/b4-1+/t9-/m1/s1. The minimum Gasteiger partial charge on any atom is -0.383 e. The average Bonchev–Trinajstić information content (AvgIpc) is 2.91. The van der Waals surface area contributed by atoms with E-state index < -0.39 is 0 Å². The molecule has 0 unspecified atom stereocenters. The highest BCUT2D eigenvalue weighted by Gasteiger charge is 2.27. The van der Waals surface area contributed by atoms with Crippen molar-refractivity contribution in [2.24, 2.45) is 0 Å². The molecule has 0 aromatic carbocycles. The number of likely N-dealkylation sites (tertiary alicyclic amines) is 1. The van der Waals surface area contributed by atoms with Crippen LogP contribution in [0.5, 0.6) is 0 Å². The summed E-state index contributed by atoms with van der Waals surface area (Å²) in [5.74, 6) is 0.476. The van der Waals surface area contributed by atoms with Gasteiger partial charge in [0.25, 0.3) is 0 Å². The number of aromatic nitrogens is 4. The summed E-state index contributed by atoms with van der Waals surface area (Å²) in [6, 6.07) is 0.102. The topological polar surface area (TPSA) is 89.9 Å². The SMILES string of the molecule is Nc1ncnc2c1c(I)nn2[C@@H]1CCCN(C(=O)/C=C/CBr)C1. The molecule has 3 rings (SSSR count). The average molecular weight is 491 g/mol. The first-order valence-electron chi connectivity index (χ1n) is 7.27. The molecular formula is C14H16BrIN6O. The van der Waals surface area contributed by atoms with Crippen LogP contribution in [0.3, 0.4) is 0 Å². The lowest BCUT2D eigenvalue weighted by atomic mass is 10.1. The van der Waals surface area contributed by atoms with Crippen LogP contribution >= 0.6 is 38.5 Å². The molecule has 1 fully saturated rings. The fourth-order valence-electron chi connectivity index (χ4n) is 2.81. The molecule has 3 heterocycles. The number of alkyl halides is 1. The first kappa shape index (κ1) is 16.6. The molecule has 7 nitrogen and oxygen atoms in total. The van der Waals surface area contributed by atoms with Crippen molar-refractivity contribution >= 4 is 61.3 Å². The normalized spacial score (nSPS) is 18.9. The zero-order valence-corrected chi connectivity index (χ0v) is 16.1. The number of halogens is 2. The molecule has 0 bridgehead atoms. The van der Waals surface area contributed by atoms with E-state index in [1.807, 2.05) is 15.7 Å². The molecule has 9 heteroatoms. The number of allylic oxidation sites excluding steroid dienone is 1. The van der Waals surface area contributed by atoms with Gasteiger partial charge in [0.1, 0.15) is 15.8 Å². The van der Waals surface area contributed by atoms with Crippen molar-refractivity contribution in [1.29, 1.82) is 0 Å². The number of nitrogen functional groups attached to an aromatic ring is 1. The Labute approximate surface area is 155 Å². The number of hydrogen-bond acceptors (Lipinski definition) is 5. The van der Waals surface area contributed by atoms with E-state index in [-0.39, 0.29) is 11.9 Å². The van der Waals surface area contributed by atoms with Gasteiger partial charge >= 0.3 is 0 Å². The van der Waals surface area contributed by atoms with Gasteiger partial charge in [-0.05, 0) is 41.5 Å². The molecule has 1 aliphatic rings. The Morgan fingerprint density at radius 2 is 2.35 bits per heavy atom. The van der Waals surface area contributed by atoms with Gasteiger partial charge in [-0.25, -0.2) is 14.6 Å². The smallest absolute Gasteiger partial charge is 0.246 e. The summed E-state index contributed by atoms with van der Waals surface area (Å²) in [6.07, 6.45) is 6.78. The summed E-state index contributed by atoms with van der Waals surface area (Å²) in [7, 11) is 0. The van der Waals surface area contributed by atoms with Crippen LogP contribution in [0.2, 0.25) is 0 Å². The van der Waals surface area contributed by atoms with Gasteiger partial charge < -0.3 is 10.6 Å². The van der Waals surface area contributed by atoms with Gasteiger partial charge in [0.05, 0.1) is 11.4 Å². The molecule has 2 N–H and O–H groups in total. The van der Waals surface area contributed by atoms with Gasteiger partial charge in [-0.1, -0.05) is 22.0 Å². The Bertz CT molecular complexity index is 761. The third kappa shape index (κ3) is 3.35. The van der Waals surface area contributed by atoms with Crippen LogP contribution in [0.25, 0.3) is 11.0 Å². The lowest BCUT2D eigenvalue weighted by Crippen LogP contribution is -2.40. The molecule has 0 radical (unpaired) electrons. The zero-order valence-electron chi connectivity index (χ0n) is 12.3. The zero-order chi connectivity index (χ0) is 16.4. The fourth-order valence-corrected chi connectivity index (χ4v) is 3.75. The van der Waals surface area contributed by atoms with E-state index in [2.05, 4.69) is 53.6 Å². The summed E-state index contributed by atoms with van der Waals surface area (Å²) in [5, 5.41) is 6.05. The Morgan fingerprint density at radius 1 is 1.52 bits per heavy atom. The van der Waals surface area contributed by atoms with Crippen LogP contribution in [0.15, 0.2) is 18.5 Å². The molecule has 0 spiro atoms. The first-order valence-corrected chi connectivity index (χ1v) is 9.47. The number of nitrogens with two attached hydrogens (primary N) is 1. The van der Waals surface area contributed by atoms with E-state index in [1.165, 1.54) is 6.33 Å². The van der Waals surface area contributed by atoms with Crippen molar-refractivity contribution in [2.45, 2.75) is 18.9 Å². The lowest BCUT2D eigenvalue weighted by molar-refractivity contribution is -0.127. The van der Waals surface area contributed by atoms with Crippen LogP contribution in [0, 0.1) is 3.70 Å². The Hall–Kier alpha value is -1.23. The summed E-state index contributed by atoms with van der Waals surface area (Å²) >= 11 is 5.44. The minimum absolute atomic E-state index is 0.0365. The molecule has 1 saturated heterocycles. The predicted octanol–water partition coefficient (Wildman–Crippen LogP) is 2.13. The molecule has 1 atom stereocenters. The summed E-state index contributed by atoms with van der Waals surface area (Å²) in [5.41, 5.74) is 6.68. The number of amides is 1. The predicted molar refractivity (Wildman–Crippen MR) is 100 cm³/mol. The van der Waals surface area contributed by atoms with Gasteiger partial charge in [-0.3, -0.25) is 4.79 Å². The van der Waals surface area contributed by atoms with Crippen molar-refractivity contribution in [2.75, 3.05) is 24.2 Å². The first-order chi connectivity index (χ1) is 11.1. The lowest BCUT2D eigenvalue weighted by Gasteiger charge is -2.32. The van der Waals surface area contributed by atoms with Crippen molar-refractivity contribution in [1.82, 2.24) is 24.6 Å². The molecular weight excluding hydrogens is 475 g/mol. The quantitative estimate of drug-likeness (QED) is 0.404. The van der Waals surface area contributed by atoms with E-state index in [0.717, 1.165) is 34.1 Å². The monoisotopic (exact) mass is 490 g/mol. The van der Waals surface area contributed by atoms with Gasteiger partial charge in [0.15, 0.2) is 5.65 Å². The van der Waals surface area contributed by atoms with Crippen molar-refractivity contribution in [3.63, 3.8) is 0 Å². The van der Waals surface area contributed by atoms with Crippen LogP contribution in [-0.4, -0.2) is 49.0 Å². The van der Waals surface area contributed by atoms with Gasteiger partial charge in [-0.2, -0.15) is 5.10 Å². The maximum Gasteiger partial charge on any atom is 0.246 e. The second-order valence-corrected chi connectivity index (χ2v) is 7.00. The molecule has 1 aliphatic heterocycles. The highest BCUT2D eigenvalue weighted by atomic mass is 127. The van der Waals surface area contributed by atoms with Crippen LogP contribution in [-0.2, 0) is 4.79 Å². The molecule has 0 saturated carbocycles. The number of fused-ring (bicyclic) bond motifs is 1. The third-order valence-electron chi connectivity index (χ3n) is 3.88.